The summed E-state index contributed by atoms with van der Waals surface area (Å²) in [5, 5.41) is 3.42. The van der Waals surface area contributed by atoms with Crippen LogP contribution in [0.2, 0.25) is 5.28 Å². The number of hydrogen-bond acceptors (Lipinski definition) is 5. The lowest BCUT2D eigenvalue weighted by Gasteiger charge is -2.10. The van der Waals surface area contributed by atoms with Crippen LogP contribution in [0.15, 0.2) is 0 Å². The van der Waals surface area contributed by atoms with Crippen LogP contribution in [0.4, 0.5) is 5.82 Å². The monoisotopic (exact) mass is 265 g/mol. The molecular formula is C12H16ClN5. The number of hydrogen-bond donors (Lipinski definition) is 1. The second-order valence-corrected chi connectivity index (χ2v) is 5.02. The van der Waals surface area contributed by atoms with Gasteiger partial charge in [0.1, 0.15) is 0 Å². The highest BCUT2D eigenvalue weighted by atomic mass is 35.5. The number of rotatable bonds is 3. The molecule has 0 aromatic carbocycles. The SMILES string of the molecule is Cc1nc2nc(Cl)nc(NCC(C)C)c2nc1C. The third-order valence-corrected chi connectivity index (χ3v) is 2.76. The minimum Gasteiger partial charge on any atom is -0.368 e. The maximum atomic E-state index is 5.90. The van der Waals surface area contributed by atoms with Crippen LogP contribution < -0.4 is 5.32 Å². The van der Waals surface area contributed by atoms with Crippen molar-refractivity contribution in [3.05, 3.63) is 16.7 Å². The van der Waals surface area contributed by atoms with Gasteiger partial charge in [0.25, 0.3) is 0 Å². The van der Waals surface area contributed by atoms with Crippen LogP contribution in [0.25, 0.3) is 11.2 Å². The zero-order chi connectivity index (χ0) is 13.3. The van der Waals surface area contributed by atoms with Gasteiger partial charge in [-0.15, -0.1) is 0 Å². The Morgan fingerprint density at radius 3 is 2.39 bits per heavy atom. The molecule has 0 spiro atoms. The zero-order valence-electron chi connectivity index (χ0n) is 11.0. The Morgan fingerprint density at radius 1 is 1.06 bits per heavy atom. The van der Waals surface area contributed by atoms with Crippen molar-refractivity contribution in [2.24, 2.45) is 5.92 Å². The molecule has 2 rings (SSSR count). The molecule has 0 amide bonds. The van der Waals surface area contributed by atoms with E-state index in [4.69, 9.17) is 11.6 Å². The van der Waals surface area contributed by atoms with Gasteiger partial charge in [-0.3, -0.25) is 0 Å². The zero-order valence-corrected chi connectivity index (χ0v) is 11.7. The van der Waals surface area contributed by atoms with Crippen molar-refractivity contribution in [2.75, 3.05) is 11.9 Å². The van der Waals surface area contributed by atoms with Crippen molar-refractivity contribution in [1.29, 1.82) is 0 Å². The minimum absolute atomic E-state index is 0.186. The number of fused-ring (bicyclic) bond motifs is 1. The fourth-order valence-corrected chi connectivity index (χ4v) is 1.67. The smallest absolute Gasteiger partial charge is 0.226 e. The Labute approximate surface area is 111 Å². The molecule has 0 saturated heterocycles. The van der Waals surface area contributed by atoms with Crippen molar-refractivity contribution in [3.63, 3.8) is 0 Å². The highest BCUT2D eigenvalue weighted by Crippen LogP contribution is 2.20. The molecule has 2 aromatic heterocycles. The summed E-state index contributed by atoms with van der Waals surface area (Å²) >= 11 is 5.90. The molecule has 5 nitrogen and oxygen atoms in total. The fraction of sp³-hybridized carbons (Fsp3) is 0.500. The predicted octanol–water partition coefficient (Wildman–Crippen LogP) is 2.76. The van der Waals surface area contributed by atoms with E-state index in [1.807, 2.05) is 13.8 Å². The summed E-state index contributed by atoms with van der Waals surface area (Å²) in [5.41, 5.74) is 2.93. The lowest BCUT2D eigenvalue weighted by molar-refractivity contribution is 0.687. The molecule has 0 aliphatic rings. The van der Waals surface area contributed by atoms with E-state index >= 15 is 0 Å². The summed E-state index contributed by atoms with van der Waals surface area (Å²) in [5.74, 6) is 1.16. The standard InChI is InChI=1S/C12H16ClN5/c1-6(2)5-14-10-9-11(18-12(13)17-10)16-8(4)7(3)15-9/h6H,5H2,1-4H3,(H,14,16,17,18). The van der Waals surface area contributed by atoms with Gasteiger partial charge in [-0.1, -0.05) is 13.8 Å². The first-order chi connectivity index (χ1) is 8.47. The molecule has 0 aliphatic heterocycles. The number of aromatic nitrogens is 4. The first-order valence-corrected chi connectivity index (χ1v) is 6.27. The summed E-state index contributed by atoms with van der Waals surface area (Å²) in [7, 11) is 0. The molecule has 0 atom stereocenters. The number of aryl methyl sites for hydroxylation is 2. The maximum absolute atomic E-state index is 5.90. The van der Waals surface area contributed by atoms with Crippen molar-refractivity contribution < 1.29 is 0 Å². The molecule has 0 aliphatic carbocycles. The number of nitrogens with zero attached hydrogens (tertiary/aromatic N) is 4. The van der Waals surface area contributed by atoms with Gasteiger partial charge in [-0.25, -0.2) is 9.97 Å². The van der Waals surface area contributed by atoms with Crippen molar-refractivity contribution >= 4 is 28.6 Å². The van der Waals surface area contributed by atoms with E-state index in [-0.39, 0.29) is 5.28 Å². The lowest BCUT2D eigenvalue weighted by Crippen LogP contribution is -2.11. The molecule has 0 bridgehead atoms. The van der Waals surface area contributed by atoms with E-state index in [1.165, 1.54) is 0 Å². The Hall–Kier alpha value is -1.49. The fourth-order valence-electron chi connectivity index (χ4n) is 1.51. The number of nitrogens with one attached hydrogen (secondary N) is 1. The van der Waals surface area contributed by atoms with Crippen LogP contribution in [0, 0.1) is 19.8 Å². The summed E-state index contributed by atoms with van der Waals surface area (Å²) in [6.45, 7) is 8.87. The van der Waals surface area contributed by atoms with Crippen LogP contribution >= 0.6 is 11.6 Å². The molecule has 0 unspecified atom stereocenters. The first-order valence-electron chi connectivity index (χ1n) is 5.89. The second kappa shape index (κ2) is 5.02. The van der Waals surface area contributed by atoms with Crippen molar-refractivity contribution in [1.82, 2.24) is 19.9 Å². The number of anilines is 1. The molecule has 0 fully saturated rings. The van der Waals surface area contributed by atoms with Crippen molar-refractivity contribution in [2.45, 2.75) is 27.7 Å². The Morgan fingerprint density at radius 2 is 1.72 bits per heavy atom. The van der Waals surface area contributed by atoms with E-state index in [0.29, 0.717) is 22.9 Å². The highest BCUT2D eigenvalue weighted by Gasteiger charge is 2.11. The van der Waals surface area contributed by atoms with Crippen LogP contribution in [-0.2, 0) is 0 Å². The average Bonchev–Trinajstić information content (AvgIpc) is 2.28. The van der Waals surface area contributed by atoms with E-state index in [9.17, 15) is 0 Å². The van der Waals surface area contributed by atoms with Gasteiger partial charge in [0.2, 0.25) is 5.28 Å². The first kappa shape index (κ1) is 13.0. The van der Waals surface area contributed by atoms with Crippen LogP contribution in [0.5, 0.6) is 0 Å². The van der Waals surface area contributed by atoms with E-state index in [1.54, 1.807) is 0 Å². The van der Waals surface area contributed by atoms with E-state index in [2.05, 4.69) is 39.1 Å². The molecule has 18 heavy (non-hydrogen) atoms. The largest absolute Gasteiger partial charge is 0.368 e. The molecule has 1 N–H and O–H groups in total. The summed E-state index contributed by atoms with van der Waals surface area (Å²) < 4.78 is 0. The minimum atomic E-state index is 0.186. The third kappa shape index (κ3) is 2.67. The maximum Gasteiger partial charge on any atom is 0.226 e. The summed E-state index contributed by atoms with van der Waals surface area (Å²) in [6, 6.07) is 0. The Bertz CT molecular complexity index is 582. The van der Waals surface area contributed by atoms with Crippen LogP contribution in [0.1, 0.15) is 25.2 Å². The van der Waals surface area contributed by atoms with Gasteiger partial charge < -0.3 is 5.32 Å². The normalized spacial score (nSPS) is 11.2. The highest BCUT2D eigenvalue weighted by molar-refractivity contribution is 6.28. The van der Waals surface area contributed by atoms with Crippen molar-refractivity contribution in [3.8, 4) is 0 Å². The van der Waals surface area contributed by atoms with Gasteiger partial charge in [0, 0.05) is 6.54 Å². The second-order valence-electron chi connectivity index (χ2n) is 4.68. The Kier molecular flexibility index (Phi) is 3.61. The topological polar surface area (TPSA) is 63.6 Å². The molecule has 2 heterocycles. The molecule has 6 heteroatoms. The summed E-state index contributed by atoms with van der Waals surface area (Å²) in [6.07, 6.45) is 0. The van der Waals surface area contributed by atoms with Gasteiger partial charge in [0.15, 0.2) is 17.0 Å². The molecule has 96 valence electrons. The van der Waals surface area contributed by atoms with Crippen LogP contribution in [0.3, 0.4) is 0 Å². The van der Waals surface area contributed by atoms with E-state index < -0.39 is 0 Å². The number of halogens is 1. The Balaban J connectivity index is 2.53. The predicted molar refractivity (Wildman–Crippen MR) is 72.9 cm³/mol. The third-order valence-electron chi connectivity index (χ3n) is 2.59. The average molecular weight is 266 g/mol. The quantitative estimate of drug-likeness (QED) is 0.865. The molecular weight excluding hydrogens is 250 g/mol. The van der Waals surface area contributed by atoms with Crippen LogP contribution in [-0.4, -0.2) is 26.5 Å². The molecule has 0 saturated carbocycles. The van der Waals surface area contributed by atoms with Gasteiger partial charge >= 0.3 is 0 Å². The summed E-state index contributed by atoms with van der Waals surface area (Å²) in [4.78, 5) is 17.2. The van der Waals surface area contributed by atoms with Gasteiger partial charge in [0.05, 0.1) is 11.4 Å². The molecule has 2 aromatic rings. The lowest BCUT2D eigenvalue weighted by atomic mass is 10.2. The molecule has 0 radical (unpaired) electrons. The van der Waals surface area contributed by atoms with Gasteiger partial charge in [-0.05, 0) is 31.4 Å². The van der Waals surface area contributed by atoms with Gasteiger partial charge in [-0.2, -0.15) is 9.97 Å². The van der Waals surface area contributed by atoms with E-state index in [0.717, 1.165) is 17.9 Å².